The molecule has 4 nitrogen and oxygen atoms in total. The standard InChI is InChI=1S/C15H17BrN4/c16-13-3-1-2-12(8-13)14-9-20(18-17-14)15-10-19-6-4-11(15)5-7-19/h1-3,8-9,11,15H,4-7,10H2/t15-/m0/s1. The van der Waals surface area contributed by atoms with E-state index in [-0.39, 0.29) is 0 Å². The first kappa shape index (κ1) is 12.5. The Morgan fingerprint density at radius 1 is 1.20 bits per heavy atom. The Hall–Kier alpha value is -1.20. The largest absolute Gasteiger partial charge is 0.301 e. The number of halogens is 1. The predicted molar refractivity (Wildman–Crippen MR) is 81.4 cm³/mol. The Balaban J connectivity index is 1.62. The highest BCUT2D eigenvalue weighted by Gasteiger charge is 2.35. The van der Waals surface area contributed by atoms with Crippen LogP contribution in [0.1, 0.15) is 18.9 Å². The van der Waals surface area contributed by atoms with Gasteiger partial charge in [-0.25, -0.2) is 4.68 Å². The molecule has 20 heavy (non-hydrogen) atoms. The van der Waals surface area contributed by atoms with E-state index in [9.17, 15) is 0 Å². The van der Waals surface area contributed by atoms with E-state index in [4.69, 9.17) is 0 Å². The zero-order chi connectivity index (χ0) is 13.5. The average molecular weight is 333 g/mol. The van der Waals surface area contributed by atoms with Gasteiger partial charge in [-0.15, -0.1) is 5.10 Å². The molecule has 3 aliphatic heterocycles. The molecule has 5 heteroatoms. The van der Waals surface area contributed by atoms with Gasteiger partial charge in [0.25, 0.3) is 0 Å². The van der Waals surface area contributed by atoms with Crippen molar-refractivity contribution in [3.05, 3.63) is 34.9 Å². The zero-order valence-electron chi connectivity index (χ0n) is 11.2. The van der Waals surface area contributed by atoms with Crippen LogP contribution in [-0.2, 0) is 0 Å². The molecular formula is C15H17BrN4. The Morgan fingerprint density at radius 3 is 2.75 bits per heavy atom. The molecule has 3 aliphatic rings. The Kier molecular flexibility index (Phi) is 3.11. The van der Waals surface area contributed by atoms with Gasteiger partial charge in [0, 0.05) is 16.6 Å². The summed E-state index contributed by atoms with van der Waals surface area (Å²) in [6.07, 6.45) is 4.71. The van der Waals surface area contributed by atoms with E-state index < -0.39 is 0 Å². The molecule has 0 aliphatic carbocycles. The quantitative estimate of drug-likeness (QED) is 0.847. The summed E-state index contributed by atoms with van der Waals surface area (Å²) in [7, 11) is 0. The third kappa shape index (κ3) is 2.19. The first-order valence-corrected chi connectivity index (χ1v) is 7.99. The highest BCUT2D eigenvalue weighted by Crippen LogP contribution is 2.35. The van der Waals surface area contributed by atoms with Crippen molar-refractivity contribution in [2.75, 3.05) is 19.6 Å². The van der Waals surface area contributed by atoms with Crippen molar-refractivity contribution in [2.45, 2.75) is 18.9 Å². The maximum Gasteiger partial charge on any atom is 0.113 e. The minimum Gasteiger partial charge on any atom is -0.301 e. The molecule has 0 amide bonds. The maximum atomic E-state index is 4.39. The molecule has 1 aromatic heterocycles. The van der Waals surface area contributed by atoms with Gasteiger partial charge in [0.1, 0.15) is 5.69 Å². The fraction of sp³-hybridized carbons (Fsp3) is 0.467. The van der Waals surface area contributed by atoms with Crippen LogP contribution in [0, 0.1) is 5.92 Å². The van der Waals surface area contributed by atoms with Crippen molar-refractivity contribution in [3.63, 3.8) is 0 Å². The van der Waals surface area contributed by atoms with E-state index in [0.717, 1.165) is 28.2 Å². The molecule has 2 bridgehead atoms. The van der Waals surface area contributed by atoms with Gasteiger partial charge in [0.05, 0.1) is 12.2 Å². The molecule has 1 atom stereocenters. The van der Waals surface area contributed by atoms with Gasteiger partial charge in [-0.05, 0) is 44.0 Å². The van der Waals surface area contributed by atoms with Crippen LogP contribution in [0.2, 0.25) is 0 Å². The van der Waals surface area contributed by atoms with Crippen molar-refractivity contribution in [1.29, 1.82) is 0 Å². The van der Waals surface area contributed by atoms with Gasteiger partial charge in [0.15, 0.2) is 0 Å². The molecule has 104 valence electrons. The smallest absolute Gasteiger partial charge is 0.113 e. The predicted octanol–water partition coefficient (Wildman–Crippen LogP) is 2.97. The molecule has 3 saturated heterocycles. The fourth-order valence-corrected chi connectivity index (χ4v) is 3.85. The summed E-state index contributed by atoms with van der Waals surface area (Å²) in [5, 5.41) is 8.75. The number of rotatable bonds is 2. The number of nitrogens with zero attached hydrogens (tertiary/aromatic N) is 4. The summed E-state index contributed by atoms with van der Waals surface area (Å²) in [5.74, 6) is 0.775. The maximum absolute atomic E-state index is 4.39. The average Bonchev–Trinajstić information content (AvgIpc) is 2.98. The second-order valence-electron chi connectivity index (χ2n) is 5.80. The third-order valence-electron chi connectivity index (χ3n) is 4.59. The number of fused-ring (bicyclic) bond motifs is 3. The van der Waals surface area contributed by atoms with Crippen molar-refractivity contribution < 1.29 is 0 Å². The molecule has 0 saturated carbocycles. The lowest BCUT2D eigenvalue weighted by Crippen LogP contribution is -2.48. The summed E-state index contributed by atoms with van der Waals surface area (Å²) in [4.78, 5) is 2.55. The normalized spacial score (nSPS) is 28.8. The van der Waals surface area contributed by atoms with E-state index in [0.29, 0.717) is 6.04 Å². The van der Waals surface area contributed by atoms with Gasteiger partial charge >= 0.3 is 0 Å². The lowest BCUT2D eigenvalue weighted by Gasteiger charge is -2.44. The number of hydrogen-bond acceptors (Lipinski definition) is 3. The van der Waals surface area contributed by atoms with E-state index in [1.54, 1.807) is 0 Å². The van der Waals surface area contributed by atoms with E-state index >= 15 is 0 Å². The fourth-order valence-electron chi connectivity index (χ4n) is 3.45. The summed E-state index contributed by atoms with van der Waals surface area (Å²) in [6.45, 7) is 3.65. The minimum atomic E-state index is 0.505. The lowest BCUT2D eigenvalue weighted by molar-refractivity contribution is 0.0504. The Labute approximate surface area is 126 Å². The number of aromatic nitrogens is 3. The summed E-state index contributed by atoms with van der Waals surface area (Å²) in [6, 6.07) is 8.74. The van der Waals surface area contributed by atoms with Crippen molar-refractivity contribution in [3.8, 4) is 11.3 Å². The molecule has 0 unspecified atom stereocenters. The van der Waals surface area contributed by atoms with Crippen molar-refractivity contribution >= 4 is 15.9 Å². The van der Waals surface area contributed by atoms with E-state index in [1.165, 1.54) is 25.9 Å². The van der Waals surface area contributed by atoms with Crippen molar-refractivity contribution in [1.82, 2.24) is 19.9 Å². The molecule has 2 aromatic rings. The molecule has 5 rings (SSSR count). The van der Waals surface area contributed by atoms with Crippen LogP contribution in [0.3, 0.4) is 0 Å². The topological polar surface area (TPSA) is 34.0 Å². The SMILES string of the molecule is Brc1cccc(-c2cn([C@H]3CN4CCC3CC4)nn2)c1. The lowest BCUT2D eigenvalue weighted by atomic mass is 9.84. The highest BCUT2D eigenvalue weighted by atomic mass is 79.9. The van der Waals surface area contributed by atoms with Crippen molar-refractivity contribution in [2.24, 2.45) is 5.92 Å². The Bertz CT molecular complexity index is 616. The zero-order valence-corrected chi connectivity index (χ0v) is 12.8. The highest BCUT2D eigenvalue weighted by molar-refractivity contribution is 9.10. The molecule has 0 radical (unpaired) electrons. The summed E-state index contributed by atoms with van der Waals surface area (Å²) < 4.78 is 3.17. The van der Waals surface area contributed by atoms with Gasteiger partial charge in [-0.1, -0.05) is 33.3 Å². The van der Waals surface area contributed by atoms with Crippen LogP contribution < -0.4 is 0 Å². The van der Waals surface area contributed by atoms with Gasteiger partial charge in [-0.2, -0.15) is 0 Å². The molecule has 4 heterocycles. The third-order valence-corrected chi connectivity index (χ3v) is 5.09. The molecule has 1 aromatic carbocycles. The molecular weight excluding hydrogens is 316 g/mol. The molecule has 0 spiro atoms. The van der Waals surface area contributed by atoms with Crippen LogP contribution in [0.4, 0.5) is 0 Å². The van der Waals surface area contributed by atoms with Crippen LogP contribution in [0.5, 0.6) is 0 Å². The van der Waals surface area contributed by atoms with Crippen LogP contribution in [0.25, 0.3) is 11.3 Å². The first-order chi connectivity index (χ1) is 9.79. The summed E-state index contributed by atoms with van der Waals surface area (Å²) >= 11 is 3.51. The molecule has 3 fully saturated rings. The second kappa shape index (κ2) is 4.97. The monoisotopic (exact) mass is 332 g/mol. The van der Waals surface area contributed by atoms with E-state index in [2.05, 4.69) is 54.2 Å². The Morgan fingerprint density at radius 2 is 2.05 bits per heavy atom. The van der Waals surface area contributed by atoms with Crippen LogP contribution in [-0.4, -0.2) is 39.5 Å². The van der Waals surface area contributed by atoms with E-state index in [1.807, 2.05) is 12.1 Å². The van der Waals surface area contributed by atoms with Gasteiger partial charge in [-0.3, -0.25) is 0 Å². The first-order valence-electron chi connectivity index (χ1n) is 7.20. The number of piperidine rings is 3. The number of benzene rings is 1. The second-order valence-corrected chi connectivity index (χ2v) is 6.72. The van der Waals surface area contributed by atoms with Gasteiger partial charge in [0.2, 0.25) is 0 Å². The van der Waals surface area contributed by atoms with Gasteiger partial charge < -0.3 is 4.90 Å². The van der Waals surface area contributed by atoms with Crippen LogP contribution >= 0.6 is 15.9 Å². The molecule has 0 N–H and O–H groups in total. The minimum absolute atomic E-state index is 0.505. The van der Waals surface area contributed by atoms with Crippen LogP contribution in [0.15, 0.2) is 34.9 Å². The summed E-state index contributed by atoms with van der Waals surface area (Å²) in [5.41, 5.74) is 2.08. The number of hydrogen-bond donors (Lipinski definition) is 0.